The lowest BCUT2D eigenvalue weighted by Gasteiger charge is -2.40. The first-order valence-electron chi connectivity index (χ1n) is 20.4. The van der Waals surface area contributed by atoms with Gasteiger partial charge < -0.3 is 9.64 Å². The monoisotopic (exact) mass is 751 g/mol. The molecule has 2 nitrogen and oxygen atoms in total. The highest BCUT2D eigenvalue weighted by molar-refractivity contribution is 6.04. The highest BCUT2D eigenvalue weighted by Gasteiger charge is 2.52. The first-order chi connectivity index (χ1) is 29.3. The second-order valence-electron chi connectivity index (χ2n) is 15.5. The Hall–Kier alpha value is -7.68. The minimum absolute atomic E-state index is 0.632. The first kappa shape index (κ1) is 33.5. The summed E-state index contributed by atoms with van der Waals surface area (Å²) in [4.78, 5) is 2.44. The molecule has 0 fully saturated rings. The van der Waals surface area contributed by atoms with E-state index < -0.39 is 5.41 Å². The number of ether oxygens (including phenoxy) is 1. The molecular formula is C57H37NO. The lowest BCUT2D eigenvalue weighted by Crippen LogP contribution is -2.32. The van der Waals surface area contributed by atoms with Crippen LogP contribution < -0.4 is 9.64 Å². The Morgan fingerprint density at radius 2 is 0.814 bits per heavy atom. The van der Waals surface area contributed by atoms with Gasteiger partial charge in [0.1, 0.15) is 11.5 Å². The van der Waals surface area contributed by atoms with Crippen molar-refractivity contribution in [3.05, 3.63) is 247 Å². The molecular weight excluding hydrogens is 715 g/mol. The van der Waals surface area contributed by atoms with Crippen LogP contribution >= 0.6 is 0 Å². The summed E-state index contributed by atoms with van der Waals surface area (Å²) in [5.41, 5.74) is 14.7. The molecule has 1 spiro atoms. The molecule has 0 saturated heterocycles. The van der Waals surface area contributed by atoms with Crippen molar-refractivity contribution in [2.75, 3.05) is 4.90 Å². The van der Waals surface area contributed by atoms with E-state index >= 15 is 0 Å². The van der Waals surface area contributed by atoms with E-state index in [-0.39, 0.29) is 0 Å². The van der Waals surface area contributed by atoms with E-state index in [1.165, 1.54) is 50.1 Å². The Kier molecular flexibility index (Phi) is 7.48. The van der Waals surface area contributed by atoms with E-state index in [0.29, 0.717) is 0 Å². The molecule has 0 N–H and O–H groups in total. The molecule has 10 aromatic rings. The highest BCUT2D eigenvalue weighted by atomic mass is 16.5. The van der Waals surface area contributed by atoms with Gasteiger partial charge in [-0.25, -0.2) is 0 Å². The van der Waals surface area contributed by atoms with Gasteiger partial charge in [0.05, 0.1) is 16.8 Å². The average molecular weight is 752 g/mol. The van der Waals surface area contributed by atoms with Crippen LogP contribution in [0.15, 0.2) is 224 Å². The molecule has 12 rings (SSSR count). The Morgan fingerprint density at radius 1 is 0.322 bits per heavy atom. The van der Waals surface area contributed by atoms with Crippen LogP contribution in [0.25, 0.3) is 54.9 Å². The van der Waals surface area contributed by atoms with Crippen LogP contribution in [0.5, 0.6) is 11.5 Å². The van der Waals surface area contributed by atoms with Crippen LogP contribution in [0.1, 0.15) is 22.3 Å². The smallest absolute Gasteiger partial charge is 0.140 e. The van der Waals surface area contributed by atoms with Crippen LogP contribution in [-0.2, 0) is 5.41 Å². The predicted octanol–water partition coefficient (Wildman–Crippen LogP) is 15.3. The minimum Gasteiger partial charge on any atom is -0.455 e. The quantitative estimate of drug-likeness (QED) is 0.174. The average Bonchev–Trinajstić information content (AvgIpc) is 3.61. The number of benzene rings is 10. The summed E-state index contributed by atoms with van der Waals surface area (Å²) in [5.74, 6) is 1.85. The van der Waals surface area contributed by atoms with Gasteiger partial charge in [0.25, 0.3) is 0 Å². The van der Waals surface area contributed by atoms with Crippen molar-refractivity contribution in [1.29, 1.82) is 0 Å². The van der Waals surface area contributed by atoms with Crippen molar-refractivity contribution < 1.29 is 4.74 Å². The van der Waals surface area contributed by atoms with Crippen molar-refractivity contribution in [3.63, 3.8) is 0 Å². The van der Waals surface area contributed by atoms with E-state index in [0.717, 1.165) is 55.7 Å². The molecule has 0 amide bonds. The minimum atomic E-state index is -0.632. The molecule has 2 aliphatic rings. The molecule has 0 unspecified atom stereocenters. The molecule has 276 valence electrons. The SMILES string of the molecule is c1ccc(-c2ccccc2N(c2ccccc2)c2ccccc2-c2cccc3c2-c2ccccc2C32c3ccc4ccccc4c3Oc3c2ccc2ccccc32)cc1. The predicted molar refractivity (Wildman–Crippen MR) is 244 cm³/mol. The van der Waals surface area contributed by atoms with E-state index in [1.54, 1.807) is 0 Å². The summed E-state index contributed by atoms with van der Waals surface area (Å²) in [6.45, 7) is 0. The van der Waals surface area contributed by atoms with Crippen molar-refractivity contribution in [2.45, 2.75) is 5.41 Å². The van der Waals surface area contributed by atoms with Gasteiger partial charge in [-0.05, 0) is 68.4 Å². The Bertz CT molecular complexity index is 3170. The number of anilines is 3. The van der Waals surface area contributed by atoms with Gasteiger partial charge in [-0.15, -0.1) is 0 Å². The molecule has 0 atom stereocenters. The number of para-hydroxylation sites is 3. The fourth-order valence-electron chi connectivity index (χ4n) is 10.1. The van der Waals surface area contributed by atoms with Gasteiger partial charge in [0.15, 0.2) is 0 Å². The van der Waals surface area contributed by atoms with Crippen molar-refractivity contribution in [2.24, 2.45) is 0 Å². The maximum Gasteiger partial charge on any atom is 0.140 e. The Labute approximate surface area is 343 Å². The molecule has 1 aliphatic heterocycles. The normalized spacial score (nSPS) is 13.0. The number of hydrogen-bond donors (Lipinski definition) is 0. The van der Waals surface area contributed by atoms with E-state index in [4.69, 9.17) is 4.74 Å². The van der Waals surface area contributed by atoms with Crippen LogP contribution in [0.4, 0.5) is 17.1 Å². The summed E-state index contributed by atoms with van der Waals surface area (Å²) in [7, 11) is 0. The van der Waals surface area contributed by atoms with Gasteiger partial charge >= 0.3 is 0 Å². The number of fused-ring (bicyclic) bond motifs is 13. The third kappa shape index (κ3) is 4.87. The van der Waals surface area contributed by atoms with E-state index in [2.05, 4.69) is 229 Å². The number of hydrogen-bond acceptors (Lipinski definition) is 2. The third-order valence-corrected chi connectivity index (χ3v) is 12.5. The number of rotatable bonds is 5. The second-order valence-corrected chi connectivity index (χ2v) is 15.5. The van der Waals surface area contributed by atoms with Crippen molar-refractivity contribution in [1.82, 2.24) is 0 Å². The fraction of sp³-hybridized carbons (Fsp3) is 0.0175. The topological polar surface area (TPSA) is 12.5 Å². The largest absolute Gasteiger partial charge is 0.455 e. The summed E-state index contributed by atoms with van der Waals surface area (Å²) in [6.07, 6.45) is 0. The van der Waals surface area contributed by atoms with Gasteiger partial charge in [-0.3, -0.25) is 0 Å². The van der Waals surface area contributed by atoms with Gasteiger partial charge in [0, 0.05) is 38.7 Å². The summed E-state index contributed by atoms with van der Waals surface area (Å²) in [5, 5.41) is 4.56. The van der Waals surface area contributed by atoms with Crippen molar-refractivity contribution >= 4 is 38.6 Å². The maximum atomic E-state index is 7.23. The molecule has 0 bridgehead atoms. The molecule has 2 heteroatoms. The van der Waals surface area contributed by atoms with E-state index in [9.17, 15) is 0 Å². The molecule has 0 aromatic heterocycles. The van der Waals surface area contributed by atoms with Crippen LogP contribution in [-0.4, -0.2) is 0 Å². The molecule has 59 heavy (non-hydrogen) atoms. The zero-order valence-corrected chi connectivity index (χ0v) is 32.2. The van der Waals surface area contributed by atoms with Gasteiger partial charge in [-0.2, -0.15) is 0 Å². The van der Waals surface area contributed by atoms with E-state index in [1.807, 2.05) is 0 Å². The zero-order chi connectivity index (χ0) is 38.9. The fourth-order valence-corrected chi connectivity index (χ4v) is 10.1. The first-order valence-corrected chi connectivity index (χ1v) is 20.4. The lowest BCUT2D eigenvalue weighted by molar-refractivity contribution is 0.447. The lowest BCUT2D eigenvalue weighted by atomic mass is 9.65. The summed E-state index contributed by atoms with van der Waals surface area (Å²) >= 11 is 0. The van der Waals surface area contributed by atoms with Gasteiger partial charge in [-0.1, -0.05) is 200 Å². The van der Waals surface area contributed by atoms with Gasteiger partial charge in [0.2, 0.25) is 0 Å². The Balaban J connectivity index is 1.17. The second kappa shape index (κ2) is 13.2. The highest BCUT2D eigenvalue weighted by Crippen LogP contribution is 2.65. The Morgan fingerprint density at radius 3 is 1.49 bits per heavy atom. The van der Waals surface area contributed by atoms with Crippen LogP contribution in [0.3, 0.4) is 0 Å². The molecule has 0 saturated carbocycles. The summed E-state index contributed by atoms with van der Waals surface area (Å²) in [6, 6.07) is 81.6. The maximum absolute atomic E-state index is 7.23. The van der Waals surface area contributed by atoms with Crippen LogP contribution in [0.2, 0.25) is 0 Å². The molecule has 0 radical (unpaired) electrons. The molecule has 10 aromatic carbocycles. The summed E-state index contributed by atoms with van der Waals surface area (Å²) < 4.78 is 7.23. The third-order valence-electron chi connectivity index (χ3n) is 12.5. The number of nitrogens with zero attached hydrogens (tertiary/aromatic N) is 1. The standard InChI is InChI=1S/C57H37NO/c1-3-18-38(19-4-1)42-24-12-15-32-52(42)58(41-22-5-2-6-23-41)53-33-16-13-27-45(53)46-29-17-31-49-54(46)47-28-11-14-30-48(47)57(49)50-36-34-39-20-7-9-25-43(39)55(50)59-56-44-26-10-8-21-40(44)35-37-51(56)57/h1-37H. The molecule has 1 aliphatic carbocycles. The van der Waals surface area contributed by atoms with Crippen molar-refractivity contribution in [3.8, 4) is 44.9 Å². The molecule has 1 heterocycles. The zero-order valence-electron chi connectivity index (χ0n) is 32.2. The van der Waals surface area contributed by atoms with Crippen LogP contribution in [0, 0.1) is 0 Å².